The molecule has 0 aromatic carbocycles. The van der Waals surface area contributed by atoms with Crippen LogP contribution in [0.4, 0.5) is 5.00 Å². The van der Waals surface area contributed by atoms with E-state index >= 15 is 0 Å². The van der Waals surface area contributed by atoms with Crippen LogP contribution in [0.5, 0.6) is 0 Å². The normalized spacial score (nSPS) is 17.6. The summed E-state index contributed by atoms with van der Waals surface area (Å²) < 4.78 is 27.8. The van der Waals surface area contributed by atoms with E-state index in [0.29, 0.717) is 18.1 Å². The number of hydrogen-bond donors (Lipinski definition) is 2. The van der Waals surface area contributed by atoms with Crippen LogP contribution in [0.1, 0.15) is 28.9 Å². The number of nitrogens with one attached hydrogen (secondary N) is 1. The van der Waals surface area contributed by atoms with Gasteiger partial charge in [-0.1, -0.05) is 6.42 Å². The van der Waals surface area contributed by atoms with Gasteiger partial charge in [0.1, 0.15) is 9.88 Å². The monoisotopic (exact) mass is 290 g/mol. The minimum Gasteiger partial charge on any atom is -0.477 e. The summed E-state index contributed by atoms with van der Waals surface area (Å²) in [6, 6.07) is 2.86. The maximum absolute atomic E-state index is 12.0. The average molecular weight is 290 g/mol. The van der Waals surface area contributed by atoms with Gasteiger partial charge in [-0.3, -0.25) is 4.72 Å². The Morgan fingerprint density at radius 1 is 1.28 bits per heavy atom. The lowest BCUT2D eigenvalue weighted by atomic mass is 10.2. The second-order valence-corrected chi connectivity index (χ2v) is 6.79. The van der Waals surface area contributed by atoms with E-state index in [4.69, 9.17) is 5.11 Å². The van der Waals surface area contributed by atoms with Crippen molar-refractivity contribution in [3.05, 3.63) is 17.0 Å². The van der Waals surface area contributed by atoms with E-state index in [-0.39, 0.29) is 4.88 Å². The molecule has 0 unspecified atom stereocenters. The Labute approximate surface area is 109 Å². The SMILES string of the molecule is O=C(O)c1ccc(NS(=O)(=O)N2CCCCC2)s1. The summed E-state index contributed by atoms with van der Waals surface area (Å²) in [5, 5.41) is 9.10. The molecule has 0 bridgehead atoms. The standard InChI is InChI=1S/C10H14N2O4S2/c13-10(14)8-4-5-9(17-8)11-18(15,16)12-6-2-1-3-7-12/h4-5,11H,1-3,6-7H2,(H,13,14). The quantitative estimate of drug-likeness (QED) is 0.881. The molecule has 1 aromatic rings. The smallest absolute Gasteiger partial charge is 0.345 e. The molecule has 1 saturated heterocycles. The van der Waals surface area contributed by atoms with Gasteiger partial charge in [0.05, 0.1) is 0 Å². The van der Waals surface area contributed by atoms with E-state index in [1.165, 1.54) is 16.4 Å². The zero-order valence-corrected chi connectivity index (χ0v) is 11.3. The highest BCUT2D eigenvalue weighted by molar-refractivity contribution is 7.90. The first-order valence-corrected chi connectivity index (χ1v) is 7.86. The zero-order valence-electron chi connectivity index (χ0n) is 9.63. The number of rotatable bonds is 4. The molecule has 0 amide bonds. The highest BCUT2D eigenvalue weighted by Crippen LogP contribution is 2.24. The van der Waals surface area contributed by atoms with E-state index in [9.17, 15) is 13.2 Å². The van der Waals surface area contributed by atoms with Crippen LogP contribution in [-0.2, 0) is 10.2 Å². The molecular formula is C10H14N2O4S2. The van der Waals surface area contributed by atoms with Crippen LogP contribution in [0.15, 0.2) is 12.1 Å². The predicted molar refractivity (Wildman–Crippen MR) is 69.2 cm³/mol. The van der Waals surface area contributed by atoms with Crippen molar-refractivity contribution in [2.24, 2.45) is 0 Å². The lowest BCUT2D eigenvalue weighted by Gasteiger charge is -2.25. The molecule has 8 heteroatoms. The molecule has 0 spiro atoms. The molecule has 2 rings (SSSR count). The van der Waals surface area contributed by atoms with Crippen LogP contribution >= 0.6 is 11.3 Å². The largest absolute Gasteiger partial charge is 0.477 e. The van der Waals surface area contributed by atoms with Gasteiger partial charge in [0.2, 0.25) is 0 Å². The van der Waals surface area contributed by atoms with Gasteiger partial charge in [0.25, 0.3) is 0 Å². The highest BCUT2D eigenvalue weighted by atomic mass is 32.2. The van der Waals surface area contributed by atoms with Gasteiger partial charge in [-0.25, -0.2) is 4.79 Å². The molecule has 100 valence electrons. The van der Waals surface area contributed by atoms with Crippen molar-refractivity contribution >= 4 is 32.5 Å². The summed E-state index contributed by atoms with van der Waals surface area (Å²) in [6.07, 6.45) is 2.78. The fraction of sp³-hybridized carbons (Fsp3) is 0.500. The third-order valence-electron chi connectivity index (χ3n) is 2.70. The molecule has 18 heavy (non-hydrogen) atoms. The van der Waals surface area contributed by atoms with E-state index in [2.05, 4.69) is 4.72 Å². The van der Waals surface area contributed by atoms with Crippen LogP contribution in [0, 0.1) is 0 Å². The van der Waals surface area contributed by atoms with Crippen LogP contribution in [0.2, 0.25) is 0 Å². The van der Waals surface area contributed by atoms with Crippen molar-refractivity contribution in [1.29, 1.82) is 0 Å². The fourth-order valence-corrected chi connectivity index (χ4v) is 4.07. The Kier molecular flexibility index (Phi) is 3.88. The number of thiophene rings is 1. The average Bonchev–Trinajstić information content (AvgIpc) is 2.78. The molecule has 2 heterocycles. The van der Waals surface area contributed by atoms with Gasteiger partial charge in [0.15, 0.2) is 0 Å². The lowest BCUT2D eigenvalue weighted by molar-refractivity contribution is 0.0702. The minimum atomic E-state index is -3.55. The summed E-state index contributed by atoms with van der Waals surface area (Å²) in [7, 11) is -3.55. The van der Waals surface area contributed by atoms with Gasteiger partial charge in [-0.2, -0.15) is 12.7 Å². The van der Waals surface area contributed by atoms with Crippen molar-refractivity contribution in [2.75, 3.05) is 17.8 Å². The molecule has 2 N–H and O–H groups in total. The maximum Gasteiger partial charge on any atom is 0.345 e. The minimum absolute atomic E-state index is 0.117. The number of carbonyl (C=O) groups is 1. The van der Waals surface area contributed by atoms with E-state index in [1.54, 1.807) is 0 Å². The number of aromatic carboxylic acids is 1. The molecule has 1 fully saturated rings. The molecule has 0 atom stereocenters. The Bertz CT molecular complexity index is 532. The third-order valence-corrected chi connectivity index (χ3v) is 5.34. The topological polar surface area (TPSA) is 86.7 Å². The van der Waals surface area contributed by atoms with Gasteiger partial charge in [-0.05, 0) is 25.0 Å². The van der Waals surface area contributed by atoms with E-state index in [0.717, 1.165) is 30.6 Å². The van der Waals surface area contributed by atoms with E-state index in [1.807, 2.05) is 0 Å². The van der Waals surface area contributed by atoms with Gasteiger partial charge >= 0.3 is 16.2 Å². The summed E-state index contributed by atoms with van der Waals surface area (Å²) in [5.74, 6) is -1.05. The summed E-state index contributed by atoms with van der Waals surface area (Å²) in [5.41, 5.74) is 0. The molecule has 1 aromatic heterocycles. The molecule has 1 aliphatic heterocycles. The maximum atomic E-state index is 12.0. The summed E-state index contributed by atoms with van der Waals surface area (Å²) in [4.78, 5) is 10.8. The second kappa shape index (κ2) is 5.25. The van der Waals surface area contributed by atoms with Crippen molar-refractivity contribution in [3.63, 3.8) is 0 Å². The molecule has 6 nitrogen and oxygen atoms in total. The van der Waals surface area contributed by atoms with Crippen molar-refractivity contribution < 1.29 is 18.3 Å². The number of carboxylic acid groups (broad SMARTS) is 1. The number of carboxylic acids is 1. The molecule has 0 radical (unpaired) electrons. The van der Waals surface area contributed by atoms with Crippen LogP contribution in [0.3, 0.4) is 0 Å². The lowest BCUT2D eigenvalue weighted by Crippen LogP contribution is -2.39. The second-order valence-electron chi connectivity index (χ2n) is 4.04. The first kappa shape index (κ1) is 13.3. The summed E-state index contributed by atoms with van der Waals surface area (Å²) in [6.45, 7) is 1.04. The van der Waals surface area contributed by atoms with Crippen LogP contribution in [0.25, 0.3) is 0 Å². The number of piperidine rings is 1. The Morgan fingerprint density at radius 3 is 2.50 bits per heavy atom. The molecular weight excluding hydrogens is 276 g/mol. The highest BCUT2D eigenvalue weighted by Gasteiger charge is 2.24. The Hall–Kier alpha value is -1.12. The van der Waals surface area contributed by atoms with Gasteiger partial charge in [0, 0.05) is 13.1 Å². The number of anilines is 1. The van der Waals surface area contributed by atoms with Gasteiger partial charge in [-0.15, -0.1) is 11.3 Å². The van der Waals surface area contributed by atoms with Crippen molar-refractivity contribution in [3.8, 4) is 0 Å². The van der Waals surface area contributed by atoms with Gasteiger partial charge < -0.3 is 5.11 Å². The number of nitrogens with zero attached hydrogens (tertiary/aromatic N) is 1. The molecule has 0 saturated carbocycles. The Balaban J connectivity index is 2.08. The van der Waals surface area contributed by atoms with Crippen molar-refractivity contribution in [1.82, 2.24) is 4.31 Å². The van der Waals surface area contributed by atoms with Crippen LogP contribution in [-0.4, -0.2) is 36.9 Å². The molecule has 0 aliphatic carbocycles. The van der Waals surface area contributed by atoms with E-state index < -0.39 is 16.2 Å². The van der Waals surface area contributed by atoms with Crippen molar-refractivity contribution in [2.45, 2.75) is 19.3 Å². The first-order valence-electron chi connectivity index (χ1n) is 5.60. The predicted octanol–water partition coefficient (Wildman–Crippen LogP) is 1.59. The van der Waals surface area contributed by atoms with Crippen LogP contribution < -0.4 is 4.72 Å². The zero-order chi connectivity index (χ0) is 13.2. The third kappa shape index (κ3) is 3.01. The summed E-state index contributed by atoms with van der Waals surface area (Å²) >= 11 is 0.915. The molecule has 1 aliphatic rings. The fourth-order valence-electron chi connectivity index (χ4n) is 1.80. The Morgan fingerprint density at radius 2 is 1.94 bits per heavy atom. The number of hydrogen-bond acceptors (Lipinski definition) is 4. The first-order chi connectivity index (χ1) is 8.49.